The van der Waals surface area contributed by atoms with Crippen molar-refractivity contribution in [3.63, 3.8) is 0 Å². The van der Waals surface area contributed by atoms with Gasteiger partial charge in [-0.3, -0.25) is 15.1 Å². The number of thiazole rings is 1. The molecule has 0 aliphatic rings. The molecule has 1 amide bonds. The van der Waals surface area contributed by atoms with Crippen molar-refractivity contribution in [1.29, 1.82) is 0 Å². The van der Waals surface area contributed by atoms with Crippen molar-refractivity contribution in [3.8, 4) is 22.8 Å². The third-order valence-electron chi connectivity index (χ3n) is 3.94. The molecule has 0 atom stereocenters. The summed E-state index contributed by atoms with van der Waals surface area (Å²) in [6.07, 6.45) is 5.01. The first-order valence-corrected chi connectivity index (χ1v) is 9.40. The summed E-state index contributed by atoms with van der Waals surface area (Å²) in [4.78, 5) is 22.2. The van der Waals surface area contributed by atoms with Gasteiger partial charge >= 0.3 is 0 Å². The highest BCUT2D eigenvalue weighted by Crippen LogP contribution is 2.36. The van der Waals surface area contributed by atoms with E-state index in [1.54, 1.807) is 32.5 Å². The van der Waals surface area contributed by atoms with E-state index < -0.39 is 0 Å². The van der Waals surface area contributed by atoms with Crippen molar-refractivity contribution in [3.05, 3.63) is 53.2 Å². The van der Waals surface area contributed by atoms with Crippen LogP contribution in [0.2, 0.25) is 0 Å². The van der Waals surface area contributed by atoms with Crippen molar-refractivity contribution < 1.29 is 14.3 Å². The van der Waals surface area contributed by atoms with Gasteiger partial charge in [-0.2, -0.15) is 0 Å². The Morgan fingerprint density at radius 2 is 1.93 bits per heavy atom. The summed E-state index contributed by atoms with van der Waals surface area (Å²) in [7, 11) is 3.23. The molecule has 0 aliphatic carbocycles. The summed E-state index contributed by atoms with van der Waals surface area (Å²) >= 11 is 1.48. The van der Waals surface area contributed by atoms with Crippen LogP contribution in [0.4, 0.5) is 5.13 Å². The highest BCUT2D eigenvalue weighted by Gasteiger charge is 2.17. The lowest BCUT2D eigenvalue weighted by molar-refractivity contribution is 0.102. The number of methoxy groups -OCH3 is 2. The Kier molecular flexibility index (Phi) is 6.03. The number of carbonyl (C=O) groups excluding carboxylic acids is 1. The first-order chi connectivity index (χ1) is 13.1. The number of aryl methyl sites for hydroxylation is 1. The van der Waals surface area contributed by atoms with Crippen LogP contribution in [0.1, 0.15) is 28.6 Å². The quantitative estimate of drug-likeness (QED) is 0.653. The molecule has 0 fully saturated rings. The van der Waals surface area contributed by atoms with Gasteiger partial charge in [0.2, 0.25) is 0 Å². The van der Waals surface area contributed by atoms with Gasteiger partial charge < -0.3 is 9.47 Å². The normalized spacial score (nSPS) is 10.5. The van der Waals surface area contributed by atoms with E-state index in [2.05, 4.69) is 22.2 Å². The molecule has 0 saturated carbocycles. The van der Waals surface area contributed by atoms with Gasteiger partial charge in [-0.25, -0.2) is 4.98 Å². The van der Waals surface area contributed by atoms with E-state index in [4.69, 9.17) is 9.47 Å². The van der Waals surface area contributed by atoms with E-state index in [1.807, 2.05) is 18.2 Å². The van der Waals surface area contributed by atoms with Crippen LogP contribution in [0.25, 0.3) is 11.3 Å². The third-order valence-corrected chi connectivity index (χ3v) is 4.97. The van der Waals surface area contributed by atoms with Gasteiger partial charge in [0.15, 0.2) is 5.13 Å². The Bertz CT molecular complexity index is 903. The first-order valence-electron chi connectivity index (χ1n) is 8.59. The number of hydrogen-bond donors (Lipinski definition) is 1. The summed E-state index contributed by atoms with van der Waals surface area (Å²) in [5.41, 5.74) is 2.22. The second kappa shape index (κ2) is 8.64. The van der Waals surface area contributed by atoms with Crippen molar-refractivity contribution in [1.82, 2.24) is 9.97 Å². The number of rotatable bonds is 7. The van der Waals surface area contributed by atoms with E-state index in [0.717, 1.165) is 29.0 Å². The standard InChI is InChI=1S/C20H21N3O3S/c1-4-6-17-18(14-9-15(25-2)11-16(10-14)26-3)22-20(27-17)23-19(24)13-7-5-8-21-12-13/h5,7-12H,4,6H2,1-3H3,(H,22,23,24). The lowest BCUT2D eigenvalue weighted by atomic mass is 10.1. The number of anilines is 1. The first kappa shape index (κ1) is 18.8. The molecule has 1 N–H and O–H groups in total. The molecule has 2 heterocycles. The predicted octanol–water partition coefficient (Wildman–Crippen LogP) is 4.43. The van der Waals surface area contributed by atoms with Crippen LogP contribution < -0.4 is 14.8 Å². The van der Waals surface area contributed by atoms with E-state index >= 15 is 0 Å². The zero-order valence-electron chi connectivity index (χ0n) is 15.5. The van der Waals surface area contributed by atoms with Gasteiger partial charge in [-0.1, -0.05) is 13.3 Å². The van der Waals surface area contributed by atoms with E-state index in [9.17, 15) is 4.79 Å². The molecule has 0 aliphatic heterocycles. The highest BCUT2D eigenvalue weighted by atomic mass is 32.1. The molecule has 2 aromatic heterocycles. The maximum absolute atomic E-state index is 12.4. The SMILES string of the molecule is CCCc1sc(NC(=O)c2cccnc2)nc1-c1cc(OC)cc(OC)c1. The molecular weight excluding hydrogens is 362 g/mol. The van der Waals surface area contributed by atoms with E-state index in [1.165, 1.54) is 17.5 Å². The van der Waals surface area contributed by atoms with Crippen LogP contribution in [0.15, 0.2) is 42.7 Å². The van der Waals surface area contributed by atoms with Crippen molar-refractivity contribution >= 4 is 22.4 Å². The number of aromatic nitrogens is 2. The fourth-order valence-corrected chi connectivity index (χ4v) is 3.72. The molecule has 3 rings (SSSR count). The number of nitrogens with zero attached hydrogens (tertiary/aromatic N) is 2. The third kappa shape index (κ3) is 4.43. The van der Waals surface area contributed by atoms with Gasteiger partial charge in [-0.15, -0.1) is 11.3 Å². The molecule has 0 radical (unpaired) electrons. The molecule has 0 spiro atoms. The minimum Gasteiger partial charge on any atom is -0.497 e. The predicted molar refractivity (Wildman–Crippen MR) is 107 cm³/mol. The summed E-state index contributed by atoms with van der Waals surface area (Å²) in [6, 6.07) is 9.11. The summed E-state index contributed by atoms with van der Waals surface area (Å²) < 4.78 is 10.7. The van der Waals surface area contributed by atoms with Crippen molar-refractivity contribution in [2.45, 2.75) is 19.8 Å². The number of pyridine rings is 1. The Hall–Kier alpha value is -2.93. The van der Waals surface area contributed by atoms with Crippen molar-refractivity contribution in [2.24, 2.45) is 0 Å². The van der Waals surface area contributed by atoms with Gasteiger partial charge in [0.05, 0.1) is 25.5 Å². The topological polar surface area (TPSA) is 73.3 Å². The molecule has 0 saturated heterocycles. The van der Waals surface area contributed by atoms with Crippen LogP contribution >= 0.6 is 11.3 Å². The fraction of sp³-hybridized carbons (Fsp3) is 0.250. The smallest absolute Gasteiger partial charge is 0.259 e. The lowest BCUT2D eigenvalue weighted by Crippen LogP contribution is -2.11. The Morgan fingerprint density at radius 3 is 2.52 bits per heavy atom. The molecule has 1 aromatic carbocycles. The van der Waals surface area contributed by atoms with Crippen LogP contribution in [0.5, 0.6) is 11.5 Å². The van der Waals surface area contributed by atoms with Gasteiger partial charge in [-0.05, 0) is 30.7 Å². The Labute approximate surface area is 162 Å². The Balaban J connectivity index is 1.95. The summed E-state index contributed by atoms with van der Waals surface area (Å²) in [6.45, 7) is 2.11. The number of hydrogen-bond acceptors (Lipinski definition) is 6. The summed E-state index contributed by atoms with van der Waals surface area (Å²) in [5, 5.41) is 3.43. The molecule has 140 valence electrons. The fourth-order valence-electron chi connectivity index (χ4n) is 2.64. The van der Waals surface area contributed by atoms with Crippen LogP contribution in [0, 0.1) is 0 Å². The maximum atomic E-state index is 12.4. The molecule has 0 unspecified atom stereocenters. The monoisotopic (exact) mass is 383 g/mol. The second-order valence-corrected chi connectivity index (χ2v) is 6.92. The highest BCUT2D eigenvalue weighted by molar-refractivity contribution is 7.16. The average molecular weight is 383 g/mol. The Morgan fingerprint density at radius 1 is 1.19 bits per heavy atom. The second-order valence-electron chi connectivity index (χ2n) is 5.84. The molecule has 3 aromatic rings. The minimum absolute atomic E-state index is 0.227. The number of benzene rings is 1. The van der Waals surface area contributed by atoms with Crippen molar-refractivity contribution in [2.75, 3.05) is 19.5 Å². The summed E-state index contributed by atoms with van der Waals surface area (Å²) in [5.74, 6) is 1.16. The van der Waals surface area contributed by atoms with Crippen LogP contribution in [0.3, 0.4) is 0 Å². The largest absolute Gasteiger partial charge is 0.497 e. The van der Waals surface area contributed by atoms with Gasteiger partial charge in [0, 0.05) is 28.9 Å². The van der Waals surface area contributed by atoms with E-state index in [-0.39, 0.29) is 5.91 Å². The zero-order valence-corrected chi connectivity index (χ0v) is 16.3. The lowest BCUT2D eigenvalue weighted by Gasteiger charge is -2.08. The average Bonchev–Trinajstić information content (AvgIpc) is 3.10. The molecule has 6 nitrogen and oxygen atoms in total. The number of amides is 1. The van der Waals surface area contributed by atoms with Crippen LogP contribution in [-0.2, 0) is 6.42 Å². The van der Waals surface area contributed by atoms with Gasteiger partial charge in [0.25, 0.3) is 5.91 Å². The maximum Gasteiger partial charge on any atom is 0.259 e. The van der Waals surface area contributed by atoms with E-state index in [0.29, 0.717) is 22.2 Å². The van der Waals surface area contributed by atoms with Gasteiger partial charge in [0.1, 0.15) is 11.5 Å². The number of nitrogens with one attached hydrogen (secondary N) is 1. The molecule has 27 heavy (non-hydrogen) atoms. The minimum atomic E-state index is -0.227. The molecular formula is C20H21N3O3S. The van der Waals surface area contributed by atoms with Crippen LogP contribution in [-0.4, -0.2) is 30.1 Å². The molecule has 7 heteroatoms. The number of ether oxygens (including phenoxy) is 2. The molecule has 0 bridgehead atoms. The zero-order chi connectivity index (χ0) is 19.2. The number of carbonyl (C=O) groups is 1.